The molecule has 0 unspecified atom stereocenters. The monoisotopic (exact) mass is 421 g/mol. The lowest BCUT2D eigenvalue weighted by Gasteiger charge is -2.36. The van der Waals surface area contributed by atoms with Crippen LogP contribution >= 0.6 is 0 Å². The Labute approximate surface area is 175 Å². The zero-order valence-electron chi connectivity index (χ0n) is 18.1. The smallest absolute Gasteiger partial charge is 0.243 e. The summed E-state index contributed by atoms with van der Waals surface area (Å²) in [5.41, 5.74) is 1.83. The zero-order chi connectivity index (χ0) is 21.2. The van der Waals surface area contributed by atoms with Crippen LogP contribution < -0.4 is 5.32 Å². The first-order valence-corrected chi connectivity index (χ1v) is 12.2. The van der Waals surface area contributed by atoms with Crippen molar-refractivity contribution in [3.8, 4) is 0 Å². The summed E-state index contributed by atoms with van der Waals surface area (Å²) in [5, 5.41) is 3.22. The minimum atomic E-state index is -3.50. The molecular formula is C22H35N3O3S. The Morgan fingerprint density at radius 1 is 1.03 bits per heavy atom. The van der Waals surface area contributed by atoms with Crippen molar-refractivity contribution in [2.75, 3.05) is 26.2 Å². The molecule has 0 aliphatic carbocycles. The van der Waals surface area contributed by atoms with E-state index in [4.69, 9.17) is 0 Å². The lowest BCUT2D eigenvalue weighted by molar-refractivity contribution is -0.127. The Morgan fingerprint density at radius 2 is 1.66 bits per heavy atom. The Hall–Kier alpha value is -1.44. The molecule has 2 aliphatic rings. The van der Waals surface area contributed by atoms with Gasteiger partial charge in [0.25, 0.3) is 0 Å². The summed E-state index contributed by atoms with van der Waals surface area (Å²) in [6.45, 7) is 11.1. The van der Waals surface area contributed by atoms with Crippen molar-refractivity contribution >= 4 is 15.9 Å². The molecule has 6 nitrogen and oxygen atoms in total. The van der Waals surface area contributed by atoms with Crippen molar-refractivity contribution in [1.82, 2.24) is 14.5 Å². The van der Waals surface area contributed by atoms with Crippen LogP contribution in [0.1, 0.15) is 50.7 Å². The molecule has 0 atom stereocenters. The summed E-state index contributed by atoms with van der Waals surface area (Å²) in [5.74, 6) is 0.000236. The predicted octanol–water partition coefficient (Wildman–Crippen LogP) is 2.69. The maximum absolute atomic E-state index is 13.0. The Morgan fingerprint density at radius 3 is 2.21 bits per heavy atom. The van der Waals surface area contributed by atoms with Gasteiger partial charge in [0.15, 0.2) is 0 Å². The molecule has 0 aromatic heterocycles. The van der Waals surface area contributed by atoms with Crippen LogP contribution in [0.4, 0.5) is 0 Å². The zero-order valence-corrected chi connectivity index (χ0v) is 19.0. The normalized spacial score (nSPS) is 20.9. The fourth-order valence-electron chi connectivity index (χ4n) is 4.47. The number of aryl methyl sites for hydroxylation is 2. The molecule has 2 saturated heterocycles. The average Bonchev–Trinajstić information content (AvgIpc) is 2.68. The van der Waals surface area contributed by atoms with E-state index in [1.165, 1.54) is 4.31 Å². The van der Waals surface area contributed by atoms with Gasteiger partial charge in [-0.2, -0.15) is 4.31 Å². The summed E-state index contributed by atoms with van der Waals surface area (Å²) in [6.07, 6.45) is 3.15. The van der Waals surface area contributed by atoms with Gasteiger partial charge >= 0.3 is 0 Å². The maximum atomic E-state index is 13.0. The minimum Gasteiger partial charge on any atom is -0.353 e. The SMILES string of the molecule is Cc1ccc(S(=O)(=O)N2CCC(C(=O)NC3CCN(C(C)C)CC3)CC2)c(C)c1. The largest absolute Gasteiger partial charge is 0.353 e. The highest BCUT2D eigenvalue weighted by molar-refractivity contribution is 7.89. The Balaban J connectivity index is 1.53. The highest BCUT2D eigenvalue weighted by Gasteiger charge is 2.33. The number of nitrogens with one attached hydrogen (secondary N) is 1. The summed E-state index contributed by atoms with van der Waals surface area (Å²) in [6, 6.07) is 6.23. The first-order chi connectivity index (χ1) is 13.7. The molecule has 2 heterocycles. The van der Waals surface area contributed by atoms with Gasteiger partial charge in [0.1, 0.15) is 0 Å². The molecule has 1 amide bonds. The van der Waals surface area contributed by atoms with Gasteiger partial charge in [-0.05, 0) is 65.0 Å². The second-order valence-electron chi connectivity index (χ2n) is 8.86. The lowest BCUT2D eigenvalue weighted by atomic mass is 9.95. The van der Waals surface area contributed by atoms with E-state index in [1.807, 2.05) is 26.0 Å². The number of hydrogen-bond acceptors (Lipinski definition) is 4. The van der Waals surface area contributed by atoms with Gasteiger partial charge in [0.05, 0.1) is 4.90 Å². The molecule has 3 rings (SSSR count). The van der Waals surface area contributed by atoms with Gasteiger partial charge in [-0.1, -0.05) is 17.7 Å². The van der Waals surface area contributed by atoms with Gasteiger partial charge in [0, 0.05) is 44.2 Å². The van der Waals surface area contributed by atoms with Crippen molar-refractivity contribution in [3.63, 3.8) is 0 Å². The minimum absolute atomic E-state index is 0.0938. The molecule has 2 aliphatic heterocycles. The third kappa shape index (κ3) is 5.19. The molecule has 7 heteroatoms. The second-order valence-corrected chi connectivity index (χ2v) is 10.8. The molecule has 0 radical (unpaired) electrons. The summed E-state index contributed by atoms with van der Waals surface area (Å²) in [7, 11) is -3.50. The van der Waals surface area contributed by atoms with Crippen LogP contribution in [0.2, 0.25) is 0 Å². The van der Waals surface area contributed by atoms with E-state index >= 15 is 0 Å². The number of carbonyl (C=O) groups excluding carboxylic acids is 1. The molecular weight excluding hydrogens is 386 g/mol. The van der Waals surface area contributed by atoms with Crippen LogP contribution in [0.3, 0.4) is 0 Å². The van der Waals surface area contributed by atoms with Crippen LogP contribution in [0.15, 0.2) is 23.1 Å². The number of benzene rings is 1. The van der Waals surface area contributed by atoms with Crippen LogP contribution in [0, 0.1) is 19.8 Å². The molecule has 0 saturated carbocycles. The van der Waals surface area contributed by atoms with Crippen LogP contribution in [-0.2, 0) is 14.8 Å². The van der Waals surface area contributed by atoms with E-state index in [1.54, 1.807) is 6.07 Å². The fraction of sp³-hybridized carbons (Fsp3) is 0.682. The summed E-state index contributed by atoms with van der Waals surface area (Å²) >= 11 is 0. The van der Waals surface area contributed by atoms with Crippen molar-refractivity contribution in [1.29, 1.82) is 0 Å². The first-order valence-electron chi connectivity index (χ1n) is 10.8. The number of nitrogens with zero attached hydrogens (tertiary/aromatic N) is 2. The molecule has 0 spiro atoms. The van der Waals surface area contributed by atoms with Crippen molar-refractivity contribution < 1.29 is 13.2 Å². The Kier molecular flexibility index (Phi) is 7.02. The van der Waals surface area contributed by atoms with E-state index in [0.29, 0.717) is 36.9 Å². The van der Waals surface area contributed by atoms with E-state index < -0.39 is 10.0 Å². The summed E-state index contributed by atoms with van der Waals surface area (Å²) < 4.78 is 27.6. The maximum Gasteiger partial charge on any atom is 0.243 e. The van der Waals surface area contributed by atoms with Crippen molar-refractivity contribution in [2.45, 2.75) is 70.4 Å². The van der Waals surface area contributed by atoms with Gasteiger partial charge in [0.2, 0.25) is 15.9 Å². The predicted molar refractivity (Wildman–Crippen MR) is 115 cm³/mol. The summed E-state index contributed by atoms with van der Waals surface area (Å²) in [4.78, 5) is 15.5. The number of amides is 1. The molecule has 0 bridgehead atoms. The van der Waals surface area contributed by atoms with E-state index in [-0.39, 0.29) is 17.9 Å². The number of rotatable bonds is 5. The standard InChI is InChI=1S/C22H35N3O3S/c1-16(2)24-11-9-20(10-12-24)23-22(26)19-7-13-25(14-8-19)29(27,28)21-6-5-17(3)15-18(21)4/h5-6,15-16,19-20H,7-14H2,1-4H3,(H,23,26). The van der Waals surface area contributed by atoms with Gasteiger partial charge in [-0.15, -0.1) is 0 Å². The third-order valence-electron chi connectivity index (χ3n) is 6.38. The lowest BCUT2D eigenvalue weighted by Crippen LogP contribution is -2.49. The van der Waals surface area contributed by atoms with E-state index in [2.05, 4.69) is 24.1 Å². The number of sulfonamides is 1. The Bertz CT molecular complexity index is 822. The third-order valence-corrected chi connectivity index (χ3v) is 8.44. The molecule has 1 aromatic carbocycles. The number of likely N-dealkylation sites (tertiary alicyclic amines) is 1. The highest BCUT2D eigenvalue weighted by atomic mass is 32.2. The van der Waals surface area contributed by atoms with Crippen LogP contribution in [-0.4, -0.2) is 61.8 Å². The van der Waals surface area contributed by atoms with E-state index in [9.17, 15) is 13.2 Å². The fourth-order valence-corrected chi connectivity index (χ4v) is 6.14. The van der Waals surface area contributed by atoms with Gasteiger partial charge in [-0.25, -0.2) is 8.42 Å². The van der Waals surface area contributed by atoms with E-state index in [0.717, 1.165) is 37.1 Å². The van der Waals surface area contributed by atoms with Crippen LogP contribution in [0.25, 0.3) is 0 Å². The van der Waals surface area contributed by atoms with Gasteiger partial charge < -0.3 is 10.2 Å². The quantitative estimate of drug-likeness (QED) is 0.794. The molecule has 1 N–H and O–H groups in total. The second kappa shape index (κ2) is 9.14. The topological polar surface area (TPSA) is 69.7 Å². The van der Waals surface area contributed by atoms with Crippen LogP contribution in [0.5, 0.6) is 0 Å². The highest BCUT2D eigenvalue weighted by Crippen LogP contribution is 2.26. The first kappa shape index (κ1) is 22.2. The average molecular weight is 422 g/mol. The molecule has 162 valence electrons. The number of hydrogen-bond donors (Lipinski definition) is 1. The van der Waals surface area contributed by atoms with Crippen molar-refractivity contribution in [2.24, 2.45) is 5.92 Å². The molecule has 29 heavy (non-hydrogen) atoms. The molecule has 2 fully saturated rings. The number of piperidine rings is 2. The van der Waals surface area contributed by atoms with Gasteiger partial charge in [-0.3, -0.25) is 4.79 Å². The number of carbonyl (C=O) groups is 1. The van der Waals surface area contributed by atoms with Crippen molar-refractivity contribution in [3.05, 3.63) is 29.3 Å². The molecule has 1 aromatic rings.